The molecule has 0 aromatic carbocycles. The Kier molecular flexibility index (Phi) is 7.27. The van der Waals surface area contributed by atoms with Gasteiger partial charge in [0.2, 0.25) is 0 Å². The van der Waals surface area contributed by atoms with Crippen molar-refractivity contribution in [1.29, 1.82) is 0 Å². The van der Waals surface area contributed by atoms with Gasteiger partial charge in [0.25, 0.3) is 0 Å². The van der Waals surface area contributed by atoms with Crippen molar-refractivity contribution in [3.05, 3.63) is 11.6 Å². The van der Waals surface area contributed by atoms with Crippen LogP contribution >= 0.6 is 0 Å². The van der Waals surface area contributed by atoms with Crippen LogP contribution in [0.5, 0.6) is 0 Å². The van der Waals surface area contributed by atoms with Gasteiger partial charge in [-0.25, -0.2) is 0 Å². The van der Waals surface area contributed by atoms with E-state index in [1.54, 1.807) is 6.92 Å². The number of carbonyl (C=O) groups excluding carboxylic acids is 1. The number of rotatable bonds is 3. The first-order valence-corrected chi connectivity index (χ1v) is 17.0. The highest BCUT2D eigenvalue weighted by Crippen LogP contribution is 2.75. The standard InChI is InChI=1S/C36H56O7/c1-20-28(39)23(37)18-27(42-20)43-26-10-11-34(6)25(31(26,2)3)9-12-36(8)29(34)24(38)17-21-22-19-33(5,30(40)41)14-13-32(22,4)15-16-35(21,36)7/h17,20,22-23,25-29,37,39H,9-16,18-19H2,1-8H3,(H,40,41)/t20-,22-,23-,25+,26+,27+,28+,29+,32+,33-,34-,35+,36+/m0/s1. The topological polar surface area (TPSA) is 113 Å². The smallest absolute Gasteiger partial charge is 0.309 e. The van der Waals surface area contributed by atoms with E-state index in [-0.39, 0.29) is 63.1 Å². The fourth-order valence-electron chi connectivity index (χ4n) is 11.9. The van der Waals surface area contributed by atoms with E-state index in [0.717, 1.165) is 44.9 Å². The molecule has 0 radical (unpaired) electrons. The van der Waals surface area contributed by atoms with E-state index in [1.165, 1.54) is 5.57 Å². The maximum Gasteiger partial charge on any atom is 0.309 e. The SMILES string of the molecule is C[C@@H]1O[C@H](O[C@@H]2CC[C@@]3(C)[C@H](CC[C@]4(C)[C@@H]3C(=O)C=C3[C@@H]5C[C@@](C)(C(=O)O)CC[C@]5(C)CC[C@]34C)C2(C)C)C[C@H](O)[C@@H]1O. The second-order valence-electron chi connectivity index (χ2n) is 17.6. The molecule has 5 fully saturated rings. The number of carbonyl (C=O) groups is 2. The van der Waals surface area contributed by atoms with Crippen LogP contribution in [0, 0.1) is 50.2 Å². The Morgan fingerprint density at radius 2 is 1.63 bits per heavy atom. The highest BCUT2D eigenvalue weighted by Gasteiger charge is 2.70. The second-order valence-corrected chi connectivity index (χ2v) is 17.6. The lowest BCUT2D eigenvalue weighted by Gasteiger charge is -2.70. The summed E-state index contributed by atoms with van der Waals surface area (Å²) in [5.41, 5.74) is -0.165. The summed E-state index contributed by atoms with van der Waals surface area (Å²) < 4.78 is 12.6. The lowest BCUT2D eigenvalue weighted by Crippen LogP contribution is -2.67. The number of hydrogen-bond acceptors (Lipinski definition) is 6. The lowest BCUT2D eigenvalue weighted by atomic mass is 9.33. The monoisotopic (exact) mass is 600 g/mol. The minimum Gasteiger partial charge on any atom is -0.481 e. The molecule has 4 saturated carbocycles. The highest BCUT2D eigenvalue weighted by atomic mass is 16.7. The molecule has 0 unspecified atom stereocenters. The van der Waals surface area contributed by atoms with Gasteiger partial charge in [0.15, 0.2) is 12.1 Å². The zero-order valence-electron chi connectivity index (χ0n) is 27.7. The van der Waals surface area contributed by atoms with Crippen molar-refractivity contribution < 1.29 is 34.4 Å². The normalized spacial score (nSPS) is 54.4. The number of carboxylic acids is 1. The average Bonchev–Trinajstić information content (AvgIpc) is 2.91. The number of carboxylic acid groups (broad SMARTS) is 1. The quantitative estimate of drug-likeness (QED) is 0.326. The third-order valence-corrected chi connectivity index (χ3v) is 15.0. The number of aliphatic carboxylic acids is 1. The molecule has 0 aromatic rings. The molecule has 0 bridgehead atoms. The molecule has 3 N–H and O–H groups in total. The van der Waals surface area contributed by atoms with Crippen LogP contribution in [0.2, 0.25) is 0 Å². The van der Waals surface area contributed by atoms with Crippen molar-refractivity contribution in [2.24, 2.45) is 50.2 Å². The van der Waals surface area contributed by atoms with E-state index in [2.05, 4.69) is 41.5 Å². The van der Waals surface area contributed by atoms with Crippen molar-refractivity contribution in [2.45, 2.75) is 150 Å². The van der Waals surface area contributed by atoms with Crippen LogP contribution in [0.15, 0.2) is 11.6 Å². The van der Waals surface area contributed by atoms with Crippen LogP contribution in [-0.2, 0) is 19.1 Å². The van der Waals surface area contributed by atoms with Crippen LogP contribution in [0.1, 0.15) is 120 Å². The number of ketones is 1. The Morgan fingerprint density at radius 1 is 0.953 bits per heavy atom. The van der Waals surface area contributed by atoms with Crippen molar-refractivity contribution in [3.63, 3.8) is 0 Å². The molecular formula is C36H56O7. The Hall–Kier alpha value is -1.28. The van der Waals surface area contributed by atoms with E-state index >= 15 is 0 Å². The molecular weight excluding hydrogens is 544 g/mol. The third kappa shape index (κ3) is 4.33. The summed E-state index contributed by atoms with van der Waals surface area (Å²) in [6, 6.07) is 0. The molecule has 7 heteroatoms. The molecule has 6 aliphatic rings. The van der Waals surface area contributed by atoms with E-state index in [4.69, 9.17) is 9.47 Å². The Labute approximate surface area is 258 Å². The minimum absolute atomic E-state index is 0.0462. The zero-order valence-corrected chi connectivity index (χ0v) is 27.7. The van der Waals surface area contributed by atoms with Gasteiger partial charge in [0.05, 0.1) is 23.7 Å². The van der Waals surface area contributed by atoms with Gasteiger partial charge in [-0.15, -0.1) is 0 Å². The minimum atomic E-state index is -0.903. The first-order chi connectivity index (χ1) is 19.8. The number of fused-ring (bicyclic) bond motifs is 7. The maximum atomic E-state index is 14.6. The molecule has 0 spiro atoms. The van der Waals surface area contributed by atoms with Gasteiger partial charge in [0, 0.05) is 12.3 Å². The maximum absolute atomic E-state index is 14.6. The summed E-state index contributed by atoms with van der Waals surface area (Å²) in [4.78, 5) is 27.0. The Balaban J connectivity index is 1.32. The molecule has 7 nitrogen and oxygen atoms in total. The lowest BCUT2D eigenvalue weighted by molar-refractivity contribution is -0.290. The van der Waals surface area contributed by atoms with Gasteiger partial charge >= 0.3 is 5.97 Å². The molecule has 13 atom stereocenters. The largest absolute Gasteiger partial charge is 0.481 e. The van der Waals surface area contributed by atoms with Gasteiger partial charge < -0.3 is 24.8 Å². The van der Waals surface area contributed by atoms with Gasteiger partial charge in [0.1, 0.15) is 6.10 Å². The van der Waals surface area contributed by atoms with Crippen molar-refractivity contribution in [1.82, 2.24) is 0 Å². The second kappa shape index (κ2) is 9.86. The summed E-state index contributed by atoms with van der Waals surface area (Å²) in [5, 5.41) is 30.7. The molecule has 1 aliphatic heterocycles. The predicted molar refractivity (Wildman–Crippen MR) is 163 cm³/mol. The zero-order chi connectivity index (χ0) is 31.5. The first-order valence-electron chi connectivity index (χ1n) is 17.0. The average molecular weight is 601 g/mol. The van der Waals surface area contributed by atoms with Crippen LogP contribution in [0.3, 0.4) is 0 Å². The first kappa shape index (κ1) is 31.7. The van der Waals surface area contributed by atoms with Crippen LogP contribution in [0.4, 0.5) is 0 Å². The summed E-state index contributed by atoms with van der Waals surface area (Å²) >= 11 is 0. The number of aliphatic hydroxyl groups excluding tert-OH is 2. The van der Waals surface area contributed by atoms with Crippen molar-refractivity contribution in [3.8, 4) is 0 Å². The van der Waals surface area contributed by atoms with Crippen molar-refractivity contribution in [2.75, 3.05) is 0 Å². The molecule has 1 saturated heterocycles. The van der Waals surface area contributed by atoms with Crippen molar-refractivity contribution >= 4 is 11.8 Å². The fraction of sp³-hybridized carbons (Fsp3) is 0.889. The highest BCUT2D eigenvalue weighted by molar-refractivity contribution is 5.95. The summed E-state index contributed by atoms with van der Waals surface area (Å²) in [6.45, 7) is 17.8. The molecule has 5 aliphatic carbocycles. The molecule has 242 valence electrons. The number of hydrogen-bond donors (Lipinski definition) is 3. The molecule has 6 rings (SSSR count). The number of aliphatic hydroxyl groups is 2. The van der Waals surface area contributed by atoms with E-state index in [0.29, 0.717) is 12.8 Å². The van der Waals surface area contributed by atoms with Gasteiger partial charge in [-0.2, -0.15) is 0 Å². The number of ether oxygens (including phenoxy) is 2. The molecule has 43 heavy (non-hydrogen) atoms. The molecule has 0 aromatic heterocycles. The van der Waals surface area contributed by atoms with E-state index < -0.39 is 36.0 Å². The van der Waals surface area contributed by atoms with Crippen LogP contribution in [0.25, 0.3) is 0 Å². The Bertz CT molecular complexity index is 1200. The van der Waals surface area contributed by atoms with Gasteiger partial charge in [-0.1, -0.05) is 47.1 Å². The van der Waals surface area contributed by atoms with Gasteiger partial charge in [-0.3, -0.25) is 9.59 Å². The van der Waals surface area contributed by atoms with E-state index in [9.17, 15) is 24.9 Å². The van der Waals surface area contributed by atoms with E-state index in [1.807, 2.05) is 13.0 Å². The number of allylic oxidation sites excluding steroid dienone is 2. The molecule has 0 amide bonds. The predicted octanol–water partition coefficient (Wildman–Crippen LogP) is 6.29. The third-order valence-electron chi connectivity index (χ3n) is 15.0. The summed E-state index contributed by atoms with van der Waals surface area (Å²) in [7, 11) is 0. The summed E-state index contributed by atoms with van der Waals surface area (Å²) in [6.07, 6.45) is 7.45. The van der Waals surface area contributed by atoms with Crippen LogP contribution < -0.4 is 0 Å². The van der Waals surface area contributed by atoms with Gasteiger partial charge in [-0.05, 0) is 117 Å². The summed E-state index contributed by atoms with van der Waals surface area (Å²) in [5.74, 6) is -0.128. The molecule has 1 heterocycles. The van der Waals surface area contributed by atoms with Crippen LogP contribution in [-0.4, -0.2) is 57.8 Å². The fourth-order valence-corrected chi connectivity index (χ4v) is 11.9. The Morgan fingerprint density at radius 3 is 2.28 bits per heavy atom.